The van der Waals surface area contributed by atoms with Crippen LogP contribution in [0.2, 0.25) is 0 Å². The maximum absolute atomic E-state index is 10.8. The number of carboxylic acids is 1. The Morgan fingerprint density at radius 1 is 1.69 bits per heavy atom. The second kappa shape index (κ2) is 5.19. The first-order valence-electron chi connectivity index (χ1n) is 4.78. The van der Waals surface area contributed by atoms with Gasteiger partial charge in [0, 0.05) is 6.61 Å². The molecule has 1 fully saturated rings. The minimum atomic E-state index is -0.749. The molecule has 3 N–H and O–H groups in total. The summed E-state index contributed by atoms with van der Waals surface area (Å²) in [6.07, 6.45) is 3.36. The third kappa shape index (κ3) is 3.32. The molecule has 1 aliphatic rings. The van der Waals surface area contributed by atoms with Crippen LogP contribution in [-0.4, -0.2) is 30.3 Å². The molecule has 1 saturated heterocycles. The molecule has 4 heteroatoms. The van der Waals surface area contributed by atoms with Gasteiger partial charge in [0.1, 0.15) is 0 Å². The van der Waals surface area contributed by atoms with Crippen molar-refractivity contribution in [2.24, 2.45) is 11.7 Å². The highest BCUT2D eigenvalue weighted by Gasteiger charge is 2.24. The lowest BCUT2D eigenvalue weighted by atomic mass is 9.97. The zero-order valence-corrected chi connectivity index (χ0v) is 7.74. The fourth-order valence-corrected chi connectivity index (χ4v) is 1.69. The summed E-state index contributed by atoms with van der Waals surface area (Å²) in [6, 6.07) is 0. The summed E-state index contributed by atoms with van der Waals surface area (Å²) in [5, 5.41) is 8.85. The number of carbonyl (C=O) groups is 1. The molecule has 2 atom stereocenters. The molecule has 0 aromatic rings. The topological polar surface area (TPSA) is 72.5 Å². The van der Waals surface area contributed by atoms with Gasteiger partial charge in [-0.3, -0.25) is 4.79 Å². The van der Waals surface area contributed by atoms with Crippen molar-refractivity contribution in [3.05, 3.63) is 0 Å². The van der Waals surface area contributed by atoms with Crippen molar-refractivity contribution in [3.8, 4) is 0 Å². The van der Waals surface area contributed by atoms with Crippen LogP contribution in [0.5, 0.6) is 0 Å². The Morgan fingerprint density at radius 3 is 2.92 bits per heavy atom. The van der Waals surface area contributed by atoms with E-state index in [0.717, 1.165) is 19.4 Å². The van der Waals surface area contributed by atoms with Crippen molar-refractivity contribution < 1.29 is 14.6 Å². The van der Waals surface area contributed by atoms with Gasteiger partial charge in [-0.1, -0.05) is 0 Å². The summed E-state index contributed by atoms with van der Waals surface area (Å²) in [5.41, 5.74) is 5.34. The van der Waals surface area contributed by atoms with Crippen molar-refractivity contribution in [2.45, 2.75) is 31.8 Å². The van der Waals surface area contributed by atoms with E-state index in [1.165, 1.54) is 0 Å². The molecule has 0 saturated carbocycles. The van der Waals surface area contributed by atoms with Crippen LogP contribution in [-0.2, 0) is 9.53 Å². The molecular weight excluding hydrogens is 170 g/mol. The van der Waals surface area contributed by atoms with Crippen LogP contribution >= 0.6 is 0 Å². The van der Waals surface area contributed by atoms with E-state index in [4.69, 9.17) is 15.6 Å². The summed E-state index contributed by atoms with van der Waals surface area (Å²) in [4.78, 5) is 10.8. The summed E-state index contributed by atoms with van der Waals surface area (Å²) < 4.78 is 5.38. The molecule has 4 nitrogen and oxygen atoms in total. The minimum Gasteiger partial charge on any atom is -0.481 e. The van der Waals surface area contributed by atoms with Crippen molar-refractivity contribution in [2.75, 3.05) is 13.2 Å². The number of ether oxygens (including phenoxy) is 1. The fraction of sp³-hybridized carbons (Fsp3) is 0.889. The Hall–Kier alpha value is -0.610. The first-order valence-corrected chi connectivity index (χ1v) is 4.78. The molecule has 1 aliphatic heterocycles. The van der Waals surface area contributed by atoms with Gasteiger partial charge in [-0.2, -0.15) is 0 Å². The maximum Gasteiger partial charge on any atom is 0.306 e. The molecule has 76 valence electrons. The molecule has 13 heavy (non-hydrogen) atoms. The van der Waals surface area contributed by atoms with E-state index in [0.29, 0.717) is 19.4 Å². The van der Waals surface area contributed by atoms with Crippen LogP contribution < -0.4 is 5.73 Å². The standard InChI is InChI=1S/C9H17NO3/c10-4-3-7(9(11)12)6-8-2-1-5-13-8/h7-8H,1-6,10H2,(H,11,12). The SMILES string of the molecule is NCCC(CC1CCCO1)C(=O)O. The summed E-state index contributed by atoms with van der Waals surface area (Å²) in [5.74, 6) is -1.07. The molecule has 0 aromatic heterocycles. The highest BCUT2D eigenvalue weighted by Crippen LogP contribution is 2.21. The van der Waals surface area contributed by atoms with E-state index in [9.17, 15) is 4.79 Å². The van der Waals surface area contributed by atoms with Crippen molar-refractivity contribution in [1.82, 2.24) is 0 Å². The zero-order chi connectivity index (χ0) is 9.68. The number of rotatable bonds is 5. The van der Waals surface area contributed by atoms with Gasteiger partial charge in [-0.25, -0.2) is 0 Å². The molecule has 0 spiro atoms. The monoisotopic (exact) mass is 187 g/mol. The number of nitrogens with two attached hydrogens (primary N) is 1. The van der Waals surface area contributed by atoms with Gasteiger partial charge in [-0.05, 0) is 32.2 Å². The Morgan fingerprint density at radius 2 is 2.46 bits per heavy atom. The predicted molar refractivity (Wildman–Crippen MR) is 48.4 cm³/mol. The number of carboxylic acid groups (broad SMARTS) is 1. The lowest BCUT2D eigenvalue weighted by molar-refractivity contribution is -0.143. The smallest absolute Gasteiger partial charge is 0.306 e. The van der Waals surface area contributed by atoms with Crippen LogP contribution in [0, 0.1) is 5.92 Å². The van der Waals surface area contributed by atoms with E-state index in [1.54, 1.807) is 0 Å². The third-order valence-corrected chi connectivity index (χ3v) is 2.44. The number of hydrogen-bond donors (Lipinski definition) is 2. The van der Waals surface area contributed by atoms with Gasteiger partial charge < -0.3 is 15.6 Å². The molecule has 1 heterocycles. The maximum atomic E-state index is 10.8. The highest BCUT2D eigenvalue weighted by molar-refractivity contribution is 5.69. The van der Waals surface area contributed by atoms with Crippen LogP contribution in [0.25, 0.3) is 0 Å². The zero-order valence-electron chi connectivity index (χ0n) is 7.74. The predicted octanol–water partition coefficient (Wildman–Crippen LogP) is 0.605. The number of aliphatic carboxylic acids is 1. The second-order valence-electron chi connectivity index (χ2n) is 3.48. The van der Waals surface area contributed by atoms with Gasteiger partial charge >= 0.3 is 5.97 Å². The van der Waals surface area contributed by atoms with Gasteiger partial charge in [0.25, 0.3) is 0 Å². The molecule has 0 aliphatic carbocycles. The third-order valence-electron chi connectivity index (χ3n) is 2.44. The highest BCUT2D eigenvalue weighted by atomic mass is 16.5. The Labute approximate surface area is 78.1 Å². The second-order valence-corrected chi connectivity index (χ2v) is 3.48. The molecule has 0 aromatic carbocycles. The van der Waals surface area contributed by atoms with Crippen molar-refractivity contribution in [3.63, 3.8) is 0 Å². The normalized spacial score (nSPS) is 24.5. The van der Waals surface area contributed by atoms with E-state index in [2.05, 4.69) is 0 Å². The molecule has 1 rings (SSSR count). The Balaban J connectivity index is 2.32. The van der Waals surface area contributed by atoms with Crippen molar-refractivity contribution >= 4 is 5.97 Å². The molecule has 2 unspecified atom stereocenters. The average molecular weight is 187 g/mol. The minimum absolute atomic E-state index is 0.146. The van der Waals surface area contributed by atoms with Crippen molar-refractivity contribution in [1.29, 1.82) is 0 Å². The summed E-state index contributed by atoms with van der Waals surface area (Å²) >= 11 is 0. The lowest BCUT2D eigenvalue weighted by Crippen LogP contribution is -2.23. The van der Waals surface area contributed by atoms with Crippen LogP contribution in [0.3, 0.4) is 0 Å². The van der Waals surface area contributed by atoms with Gasteiger partial charge in [0.15, 0.2) is 0 Å². The van der Waals surface area contributed by atoms with Crippen LogP contribution in [0.1, 0.15) is 25.7 Å². The molecule has 0 bridgehead atoms. The van der Waals surface area contributed by atoms with E-state index < -0.39 is 5.97 Å². The fourth-order valence-electron chi connectivity index (χ4n) is 1.69. The Kier molecular flexibility index (Phi) is 4.18. The quantitative estimate of drug-likeness (QED) is 0.661. The van der Waals surface area contributed by atoms with Gasteiger partial charge in [0.2, 0.25) is 0 Å². The average Bonchev–Trinajstić information content (AvgIpc) is 2.56. The summed E-state index contributed by atoms with van der Waals surface area (Å²) in [6.45, 7) is 1.21. The number of hydrogen-bond acceptors (Lipinski definition) is 3. The summed E-state index contributed by atoms with van der Waals surface area (Å²) in [7, 11) is 0. The van der Waals surface area contributed by atoms with Crippen LogP contribution in [0.15, 0.2) is 0 Å². The molecule has 0 radical (unpaired) electrons. The van der Waals surface area contributed by atoms with Crippen LogP contribution in [0.4, 0.5) is 0 Å². The first-order chi connectivity index (χ1) is 6.24. The first kappa shape index (κ1) is 10.5. The van der Waals surface area contributed by atoms with Gasteiger partial charge in [0.05, 0.1) is 12.0 Å². The largest absolute Gasteiger partial charge is 0.481 e. The molecular formula is C9H17NO3. The van der Waals surface area contributed by atoms with E-state index >= 15 is 0 Å². The lowest BCUT2D eigenvalue weighted by Gasteiger charge is -2.15. The Bertz CT molecular complexity index is 166. The van der Waals surface area contributed by atoms with E-state index in [-0.39, 0.29) is 12.0 Å². The molecule has 0 amide bonds. The van der Waals surface area contributed by atoms with Gasteiger partial charge in [-0.15, -0.1) is 0 Å². The van der Waals surface area contributed by atoms with E-state index in [1.807, 2.05) is 0 Å².